The highest BCUT2D eigenvalue weighted by molar-refractivity contribution is 4.90. The highest BCUT2D eigenvalue weighted by Crippen LogP contribution is 2.19. The second-order valence-corrected chi connectivity index (χ2v) is 2.43. The Hall–Kier alpha value is -0.900. The van der Waals surface area contributed by atoms with Crippen LogP contribution >= 0.6 is 0 Å². The molecule has 0 unspecified atom stereocenters. The van der Waals surface area contributed by atoms with E-state index < -0.39 is 0 Å². The van der Waals surface area contributed by atoms with E-state index in [2.05, 4.69) is 15.5 Å². The zero-order valence-electron chi connectivity index (χ0n) is 5.58. The number of hydrogen-bond donors (Lipinski definition) is 1. The van der Waals surface area contributed by atoms with Crippen LogP contribution in [0.4, 0.5) is 0 Å². The summed E-state index contributed by atoms with van der Waals surface area (Å²) in [4.78, 5) is 3.96. The van der Waals surface area contributed by atoms with Gasteiger partial charge >= 0.3 is 0 Å². The molecule has 4 nitrogen and oxygen atoms in total. The van der Waals surface area contributed by atoms with Gasteiger partial charge in [-0.2, -0.15) is 4.98 Å². The molecule has 2 rings (SSSR count). The monoisotopic (exact) mass is 139 g/mol. The summed E-state index contributed by atoms with van der Waals surface area (Å²) >= 11 is 0. The minimum absolute atomic E-state index is 0.308. The van der Waals surface area contributed by atoms with E-state index in [1.165, 1.54) is 12.7 Å². The number of rotatable bonds is 1. The van der Waals surface area contributed by atoms with Gasteiger partial charge in [-0.15, -0.1) is 0 Å². The SMILES string of the molecule is c1noc([C@H]2CCCN2)n1. The summed E-state index contributed by atoms with van der Waals surface area (Å²) in [6.45, 7) is 1.06. The van der Waals surface area contributed by atoms with E-state index in [1.54, 1.807) is 0 Å². The van der Waals surface area contributed by atoms with Gasteiger partial charge in [-0.1, -0.05) is 5.16 Å². The molecule has 0 amide bonds. The predicted molar refractivity (Wildman–Crippen MR) is 34.3 cm³/mol. The van der Waals surface area contributed by atoms with Crippen molar-refractivity contribution in [2.75, 3.05) is 6.54 Å². The molecule has 0 radical (unpaired) electrons. The molecule has 4 heteroatoms. The molecule has 1 N–H and O–H groups in total. The Morgan fingerprint density at radius 1 is 1.70 bits per heavy atom. The van der Waals surface area contributed by atoms with E-state index in [0.29, 0.717) is 6.04 Å². The van der Waals surface area contributed by atoms with E-state index in [0.717, 1.165) is 18.9 Å². The topological polar surface area (TPSA) is 51.0 Å². The summed E-state index contributed by atoms with van der Waals surface area (Å²) in [7, 11) is 0. The third-order valence-corrected chi connectivity index (χ3v) is 1.74. The van der Waals surface area contributed by atoms with Gasteiger partial charge in [0.15, 0.2) is 6.33 Å². The molecule has 0 spiro atoms. The lowest BCUT2D eigenvalue weighted by Gasteiger charge is -2.00. The fourth-order valence-corrected chi connectivity index (χ4v) is 1.23. The number of hydrogen-bond acceptors (Lipinski definition) is 4. The first-order valence-electron chi connectivity index (χ1n) is 3.47. The van der Waals surface area contributed by atoms with Crippen LogP contribution in [0.15, 0.2) is 10.9 Å². The molecular weight excluding hydrogens is 130 g/mol. The van der Waals surface area contributed by atoms with Crippen molar-refractivity contribution in [2.45, 2.75) is 18.9 Å². The summed E-state index contributed by atoms with van der Waals surface area (Å²) in [5.41, 5.74) is 0. The fourth-order valence-electron chi connectivity index (χ4n) is 1.23. The molecular formula is C6H9N3O. The maximum Gasteiger partial charge on any atom is 0.243 e. The van der Waals surface area contributed by atoms with Crippen LogP contribution in [0.3, 0.4) is 0 Å². The van der Waals surface area contributed by atoms with E-state index >= 15 is 0 Å². The molecule has 1 aliphatic heterocycles. The molecule has 0 aliphatic carbocycles. The molecule has 10 heavy (non-hydrogen) atoms. The maximum atomic E-state index is 4.89. The van der Waals surface area contributed by atoms with Crippen LogP contribution in [0, 0.1) is 0 Å². The predicted octanol–water partition coefficient (Wildman–Crippen LogP) is 0.494. The van der Waals surface area contributed by atoms with E-state index in [1.807, 2.05) is 0 Å². The number of nitrogens with one attached hydrogen (secondary N) is 1. The quantitative estimate of drug-likeness (QED) is 0.615. The lowest BCUT2D eigenvalue weighted by Crippen LogP contribution is -2.12. The van der Waals surface area contributed by atoms with Crippen molar-refractivity contribution in [3.8, 4) is 0 Å². The minimum Gasteiger partial charge on any atom is -0.338 e. The van der Waals surface area contributed by atoms with Crippen molar-refractivity contribution >= 4 is 0 Å². The van der Waals surface area contributed by atoms with Crippen LogP contribution in [0.2, 0.25) is 0 Å². The summed E-state index contributed by atoms with van der Waals surface area (Å²) in [5, 5.41) is 6.80. The van der Waals surface area contributed by atoms with E-state index in [4.69, 9.17) is 4.52 Å². The molecule has 1 atom stereocenters. The van der Waals surface area contributed by atoms with E-state index in [-0.39, 0.29) is 0 Å². The summed E-state index contributed by atoms with van der Waals surface area (Å²) in [6, 6.07) is 0.308. The standard InChI is InChI=1S/C6H9N3O/c1-2-5(7-3-1)6-8-4-9-10-6/h4-5,7H,1-3H2/t5-/m1/s1. The van der Waals surface area contributed by atoms with Gasteiger partial charge in [0.25, 0.3) is 0 Å². The lowest BCUT2D eigenvalue weighted by atomic mass is 10.2. The van der Waals surface area contributed by atoms with Gasteiger partial charge in [0.1, 0.15) is 0 Å². The highest BCUT2D eigenvalue weighted by Gasteiger charge is 2.20. The van der Waals surface area contributed by atoms with Gasteiger partial charge in [0.2, 0.25) is 5.89 Å². The fraction of sp³-hybridized carbons (Fsp3) is 0.667. The Morgan fingerprint density at radius 3 is 3.30 bits per heavy atom. The average molecular weight is 139 g/mol. The van der Waals surface area contributed by atoms with Crippen molar-refractivity contribution in [3.63, 3.8) is 0 Å². The van der Waals surface area contributed by atoms with Crippen LogP contribution in [-0.2, 0) is 0 Å². The van der Waals surface area contributed by atoms with Gasteiger partial charge in [-0.3, -0.25) is 0 Å². The van der Waals surface area contributed by atoms with Gasteiger partial charge in [-0.25, -0.2) is 0 Å². The van der Waals surface area contributed by atoms with Gasteiger partial charge in [0.05, 0.1) is 6.04 Å². The number of nitrogens with zero attached hydrogens (tertiary/aromatic N) is 2. The van der Waals surface area contributed by atoms with Crippen molar-refractivity contribution in [3.05, 3.63) is 12.2 Å². The van der Waals surface area contributed by atoms with Crippen LogP contribution in [0.25, 0.3) is 0 Å². The highest BCUT2D eigenvalue weighted by atomic mass is 16.5. The molecule has 0 aromatic carbocycles. The molecule has 54 valence electrons. The van der Waals surface area contributed by atoms with Gasteiger partial charge in [0, 0.05) is 0 Å². The molecule has 1 fully saturated rings. The third kappa shape index (κ3) is 0.903. The van der Waals surface area contributed by atoms with Gasteiger partial charge in [-0.05, 0) is 19.4 Å². The summed E-state index contributed by atoms with van der Waals surface area (Å²) in [6.07, 6.45) is 3.75. The van der Waals surface area contributed by atoms with Crippen LogP contribution in [-0.4, -0.2) is 16.7 Å². The first-order chi connectivity index (χ1) is 4.97. The second-order valence-electron chi connectivity index (χ2n) is 2.43. The van der Waals surface area contributed by atoms with Crippen molar-refractivity contribution in [2.24, 2.45) is 0 Å². The normalized spacial score (nSPS) is 25.4. The minimum atomic E-state index is 0.308. The molecule has 0 bridgehead atoms. The Kier molecular flexibility index (Phi) is 1.39. The first kappa shape index (κ1) is 5.85. The van der Waals surface area contributed by atoms with Gasteiger partial charge < -0.3 is 9.84 Å². The summed E-state index contributed by atoms with van der Waals surface area (Å²) in [5.74, 6) is 0.720. The molecule has 1 aliphatic rings. The van der Waals surface area contributed by atoms with Crippen molar-refractivity contribution in [1.29, 1.82) is 0 Å². The van der Waals surface area contributed by atoms with Crippen LogP contribution in [0.1, 0.15) is 24.8 Å². The zero-order chi connectivity index (χ0) is 6.81. The molecule has 1 aromatic rings. The largest absolute Gasteiger partial charge is 0.338 e. The van der Waals surface area contributed by atoms with Crippen molar-refractivity contribution in [1.82, 2.24) is 15.5 Å². The Bertz CT molecular complexity index is 191. The molecule has 2 heterocycles. The molecule has 0 saturated carbocycles. The first-order valence-corrected chi connectivity index (χ1v) is 3.47. The van der Waals surface area contributed by atoms with Crippen LogP contribution in [0.5, 0.6) is 0 Å². The summed E-state index contributed by atoms with van der Waals surface area (Å²) < 4.78 is 4.89. The molecule has 1 aromatic heterocycles. The van der Waals surface area contributed by atoms with Crippen LogP contribution < -0.4 is 5.32 Å². The second kappa shape index (κ2) is 2.38. The molecule has 1 saturated heterocycles. The third-order valence-electron chi connectivity index (χ3n) is 1.74. The maximum absolute atomic E-state index is 4.89. The number of aromatic nitrogens is 2. The average Bonchev–Trinajstić information content (AvgIpc) is 2.59. The Balaban J connectivity index is 2.12. The van der Waals surface area contributed by atoms with Crippen molar-refractivity contribution < 1.29 is 4.52 Å². The van der Waals surface area contributed by atoms with E-state index in [9.17, 15) is 0 Å². The smallest absolute Gasteiger partial charge is 0.243 e. The Labute approximate surface area is 58.6 Å². The zero-order valence-corrected chi connectivity index (χ0v) is 5.58. The Morgan fingerprint density at radius 2 is 2.70 bits per heavy atom. The lowest BCUT2D eigenvalue weighted by molar-refractivity contribution is 0.344.